The number of nitrogens with zero attached hydrogens (tertiary/aromatic N) is 3. The lowest BCUT2D eigenvalue weighted by molar-refractivity contribution is 0.0933. The Labute approximate surface area is 146 Å². The van der Waals surface area contributed by atoms with E-state index < -0.39 is 0 Å². The second-order valence-corrected chi connectivity index (χ2v) is 6.50. The Bertz CT molecular complexity index is 889. The average molecular weight is 335 g/mol. The fourth-order valence-electron chi connectivity index (χ4n) is 3.39. The first-order chi connectivity index (χ1) is 12.2. The number of hydrogen-bond donors (Lipinski definition) is 2. The van der Waals surface area contributed by atoms with Gasteiger partial charge in [0, 0.05) is 30.9 Å². The van der Waals surface area contributed by atoms with Gasteiger partial charge in [-0.05, 0) is 50.1 Å². The number of H-pyrrole nitrogens is 1. The Morgan fingerprint density at radius 3 is 3.08 bits per heavy atom. The zero-order valence-electron chi connectivity index (χ0n) is 14.2. The molecule has 0 aliphatic carbocycles. The predicted molar refractivity (Wildman–Crippen MR) is 97.8 cm³/mol. The number of hydrogen-bond acceptors (Lipinski definition) is 4. The fourth-order valence-corrected chi connectivity index (χ4v) is 3.39. The van der Waals surface area contributed by atoms with Crippen LogP contribution in [0, 0.1) is 6.92 Å². The van der Waals surface area contributed by atoms with Gasteiger partial charge in [0.25, 0.3) is 5.91 Å². The van der Waals surface area contributed by atoms with E-state index in [1.54, 1.807) is 6.20 Å². The van der Waals surface area contributed by atoms with E-state index in [-0.39, 0.29) is 11.9 Å². The third kappa shape index (κ3) is 3.33. The van der Waals surface area contributed by atoms with Crippen molar-refractivity contribution in [3.05, 3.63) is 54.0 Å². The molecule has 0 unspecified atom stereocenters. The summed E-state index contributed by atoms with van der Waals surface area (Å²) in [5.74, 6) is 1.78. The van der Waals surface area contributed by atoms with Crippen LogP contribution in [-0.2, 0) is 0 Å². The summed E-state index contributed by atoms with van der Waals surface area (Å²) in [6.07, 6.45) is 3.83. The van der Waals surface area contributed by atoms with Gasteiger partial charge in [-0.3, -0.25) is 4.79 Å². The molecule has 1 aliphatic rings. The van der Waals surface area contributed by atoms with Gasteiger partial charge in [-0.1, -0.05) is 6.07 Å². The number of benzene rings is 1. The average Bonchev–Trinajstić information content (AvgIpc) is 3.02. The van der Waals surface area contributed by atoms with Gasteiger partial charge >= 0.3 is 0 Å². The number of anilines is 1. The first-order valence-corrected chi connectivity index (χ1v) is 8.62. The van der Waals surface area contributed by atoms with Crippen molar-refractivity contribution in [3.63, 3.8) is 0 Å². The van der Waals surface area contributed by atoms with Crippen molar-refractivity contribution >= 4 is 22.8 Å². The molecular formula is C19H21N5O. The first kappa shape index (κ1) is 15.6. The third-order valence-corrected chi connectivity index (χ3v) is 4.59. The summed E-state index contributed by atoms with van der Waals surface area (Å²) in [4.78, 5) is 26.8. The minimum absolute atomic E-state index is 0.0398. The minimum atomic E-state index is -0.0398. The maximum atomic E-state index is 12.6. The van der Waals surface area contributed by atoms with Crippen LogP contribution in [0.5, 0.6) is 0 Å². The van der Waals surface area contributed by atoms with Crippen molar-refractivity contribution in [2.45, 2.75) is 25.8 Å². The maximum Gasteiger partial charge on any atom is 0.251 e. The van der Waals surface area contributed by atoms with E-state index >= 15 is 0 Å². The summed E-state index contributed by atoms with van der Waals surface area (Å²) in [6.45, 7) is 3.67. The Hall–Kier alpha value is -2.89. The number of pyridine rings is 1. The number of nitrogens with one attached hydrogen (secondary N) is 2. The van der Waals surface area contributed by atoms with Crippen LogP contribution >= 0.6 is 0 Å². The summed E-state index contributed by atoms with van der Waals surface area (Å²) in [5.41, 5.74) is 2.43. The molecule has 25 heavy (non-hydrogen) atoms. The number of carbonyl (C=O) groups excluding carboxylic acids is 1. The number of piperidine rings is 1. The van der Waals surface area contributed by atoms with Crippen molar-refractivity contribution in [2.75, 3.05) is 18.0 Å². The molecule has 3 heterocycles. The van der Waals surface area contributed by atoms with E-state index in [0.717, 1.165) is 48.6 Å². The van der Waals surface area contributed by atoms with E-state index in [4.69, 9.17) is 0 Å². The highest BCUT2D eigenvalue weighted by Crippen LogP contribution is 2.18. The highest BCUT2D eigenvalue weighted by atomic mass is 16.1. The summed E-state index contributed by atoms with van der Waals surface area (Å²) in [7, 11) is 0. The molecule has 1 aliphatic heterocycles. The van der Waals surface area contributed by atoms with Gasteiger partial charge in [0.1, 0.15) is 11.6 Å². The van der Waals surface area contributed by atoms with E-state index in [2.05, 4.69) is 25.2 Å². The zero-order chi connectivity index (χ0) is 17.2. The molecule has 2 aromatic heterocycles. The van der Waals surface area contributed by atoms with Gasteiger partial charge in [-0.25, -0.2) is 9.97 Å². The van der Waals surface area contributed by atoms with Gasteiger partial charge in [0.2, 0.25) is 0 Å². The van der Waals surface area contributed by atoms with Gasteiger partial charge < -0.3 is 15.2 Å². The monoisotopic (exact) mass is 335 g/mol. The number of amides is 1. The standard InChI is InChI=1S/C19H21N5O/c1-13-21-16-8-7-14(11-17(16)22-13)19(25)23-15-5-4-10-24(12-15)18-6-2-3-9-20-18/h2-3,6-9,11,15H,4-5,10,12H2,1H3,(H,21,22)(H,23,25)/t15-/m0/s1. The van der Waals surface area contributed by atoms with Crippen LogP contribution in [-0.4, -0.2) is 40.0 Å². The van der Waals surface area contributed by atoms with Crippen molar-refractivity contribution in [1.82, 2.24) is 20.3 Å². The Kier molecular flexibility index (Phi) is 4.09. The Morgan fingerprint density at radius 2 is 2.24 bits per heavy atom. The number of aryl methyl sites for hydroxylation is 1. The fraction of sp³-hybridized carbons (Fsp3) is 0.316. The van der Waals surface area contributed by atoms with Gasteiger partial charge in [0.15, 0.2) is 0 Å². The molecule has 1 atom stereocenters. The van der Waals surface area contributed by atoms with Crippen molar-refractivity contribution in [2.24, 2.45) is 0 Å². The van der Waals surface area contributed by atoms with Gasteiger partial charge in [-0.2, -0.15) is 0 Å². The molecule has 1 saturated heterocycles. The third-order valence-electron chi connectivity index (χ3n) is 4.59. The normalized spacial score (nSPS) is 17.6. The van der Waals surface area contributed by atoms with E-state index in [9.17, 15) is 4.79 Å². The number of imidazole rings is 1. The first-order valence-electron chi connectivity index (χ1n) is 8.62. The minimum Gasteiger partial charge on any atom is -0.355 e. The lowest BCUT2D eigenvalue weighted by Gasteiger charge is -2.34. The predicted octanol–water partition coefficient (Wildman–Crippen LogP) is 2.67. The molecule has 0 radical (unpaired) electrons. The second kappa shape index (κ2) is 6.55. The second-order valence-electron chi connectivity index (χ2n) is 6.50. The summed E-state index contributed by atoms with van der Waals surface area (Å²) >= 11 is 0. The molecule has 3 aromatic rings. The molecule has 4 rings (SSSR count). The Morgan fingerprint density at radius 1 is 1.32 bits per heavy atom. The van der Waals surface area contributed by atoms with Crippen molar-refractivity contribution < 1.29 is 4.79 Å². The number of aromatic nitrogens is 3. The van der Waals surface area contributed by atoms with Crippen molar-refractivity contribution in [1.29, 1.82) is 0 Å². The summed E-state index contributed by atoms with van der Waals surface area (Å²) in [5, 5.41) is 3.16. The number of aromatic amines is 1. The molecule has 6 nitrogen and oxygen atoms in total. The SMILES string of the molecule is Cc1nc2ccc(C(=O)N[C@H]3CCCN(c4ccccn4)C3)cc2[nH]1. The molecule has 0 spiro atoms. The quantitative estimate of drug-likeness (QED) is 0.772. The van der Waals surface area contributed by atoms with Crippen LogP contribution < -0.4 is 10.2 Å². The zero-order valence-corrected chi connectivity index (χ0v) is 14.2. The molecule has 1 amide bonds. The molecule has 0 bridgehead atoms. The topological polar surface area (TPSA) is 73.9 Å². The lowest BCUT2D eigenvalue weighted by atomic mass is 10.0. The maximum absolute atomic E-state index is 12.6. The van der Waals surface area contributed by atoms with Crippen LogP contribution in [0.25, 0.3) is 11.0 Å². The van der Waals surface area contributed by atoms with E-state index in [1.165, 1.54) is 0 Å². The van der Waals surface area contributed by atoms with E-state index in [1.807, 2.05) is 43.3 Å². The largest absolute Gasteiger partial charge is 0.355 e. The molecule has 6 heteroatoms. The smallest absolute Gasteiger partial charge is 0.251 e. The lowest BCUT2D eigenvalue weighted by Crippen LogP contribution is -2.48. The van der Waals surface area contributed by atoms with Crippen LogP contribution in [0.15, 0.2) is 42.6 Å². The number of rotatable bonds is 3. The van der Waals surface area contributed by atoms with Gasteiger partial charge in [-0.15, -0.1) is 0 Å². The van der Waals surface area contributed by atoms with Gasteiger partial charge in [0.05, 0.1) is 11.0 Å². The van der Waals surface area contributed by atoms with Crippen LogP contribution in [0.3, 0.4) is 0 Å². The van der Waals surface area contributed by atoms with E-state index in [0.29, 0.717) is 5.56 Å². The molecular weight excluding hydrogens is 314 g/mol. The highest BCUT2D eigenvalue weighted by Gasteiger charge is 2.22. The molecule has 0 saturated carbocycles. The Balaban J connectivity index is 1.46. The van der Waals surface area contributed by atoms with Crippen LogP contribution in [0.4, 0.5) is 5.82 Å². The number of fused-ring (bicyclic) bond motifs is 1. The number of carbonyl (C=O) groups is 1. The summed E-state index contributed by atoms with van der Waals surface area (Å²) < 4.78 is 0. The molecule has 1 fully saturated rings. The molecule has 1 aromatic carbocycles. The van der Waals surface area contributed by atoms with Crippen molar-refractivity contribution in [3.8, 4) is 0 Å². The van der Waals surface area contributed by atoms with Crippen LogP contribution in [0.1, 0.15) is 29.0 Å². The molecule has 128 valence electrons. The summed E-state index contributed by atoms with van der Waals surface area (Å²) in [6, 6.07) is 11.6. The van der Waals surface area contributed by atoms with Crippen LogP contribution in [0.2, 0.25) is 0 Å². The highest BCUT2D eigenvalue weighted by molar-refractivity contribution is 5.97. The molecule has 2 N–H and O–H groups in total.